The van der Waals surface area contributed by atoms with Crippen molar-refractivity contribution in [1.29, 1.82) is 0 Å². The van der Waals surface area contributed by atoms with E-state index in [0.717, 1.165) is 29.6 Å². The maximum absolute atomic E-state index is 4.40. The predicted molar refractivity (Wildman–Crippen MR) is 76.2 cm³/mol. The summed E-state index contributed by atoms with van der Waals surface area (Å²) in [6.45, 7) is 2.21. The lowest BCUT2D eigenvalue weighted by Gasteiger charge is -2.24. The van der Waals surface area contributed by atoms with E-state index in [1.165, 1.54) is 23.8 Å². The molecule has 19 heavy (non-hydrogen) atoms. The average molecular weight is 252 g/mol. The normalized spacial score (nSPS) is 20.1. The quantitative estimate of drug-likeness (QED) is 0.700. The summed E-state index contributed by atoms with van der Waals surface area (Å²) >= 11 is 0. The molecule has 4 heterocycles. The Balaban J connectivity index is 2.00. The second-order valence-corrected chi connectivity index (χ2v) is 5.21. The van der Waals surface area contributed by atoms with Gasteiger partial charge < -0.3 is 10.3 Å². The van der Waals surface area contributed by atoms with Crippen LogP contribution in [0.5, 0.6) is 0 Å². The fourth-order valence-electron chi connectivity index (χ4n) is 3.14. The van der Waals surface area contributed by atoms with Gasteiger partial charge in [0, 0.05) is 29.7 Å². The van der Waals surface area contributed by atoms with Crippen LogP contribution in [0.25, 0.3) is 21.9 Å². The lowest BCUT2D eigenvalue weighted by molar-refractivity contribution is 0.463. The molecule has 0 radical (unpaired) electrons. The van der Waals surface area contributed by atoms with Crippen LogP contribution in [0.1, 0.15) is 24.3 Å². The molecule has 0 amide bonds. The molecule has 4 rings (SSSR count). The number of rotatable bonds is 1. The molecule has 4 nitrogen and oxygen atoms in total. The molecule has 0 aromatic carbocycles. The van der Waals surface area contributed by atoms with Crippen LogP contribution in [-0.2, 0) is 0 Å². The molecule has 1 fully saturated rings. The van der Waals surface area contributed by atoms with Gasteiger partial charge in [-0.05, 0) is 43.0 Å². The van der Waals surface area contributed by atoms with E-state index < -0.39 is 0 Å². The van der Waals surface area contributed by atoms with Gasteiger partial charge in [0.25, 0.3) is 0 Å². The van der Waals surface area contributed by atoms with Crippen LogP contribution >= 0.6 is 0 Å². The summed E-state index contributed by atoms with van der Waals surface area (Å²) in [7, 11) is 0. The monoisotopic (exact) mass is 252 g/mol. The first kappa shape index (κ1) is 10.9. The first-order chi connectivity index (χ1) is 9.43. The number of aromatic amines is 1. The molecule has 96 valence electrons. The second-order valence-electron chi connectivity index (χ2n) is 5.21. The highest BCUT2D eigenvalue weighted by atomic mass is 14.9. The lowest BCUT2D eigenvalue weighted by atomic mass is 9.89. The Morgan fingerprint density at radius 3 is 3.11 bits per heavy atom. The summed E-state index contributed by atoms with van der Waals surface area (Å²) in [5, 5.41) is 5.95. The summed E-state index contributed by atoms with van der Waals surface area (Å²) < 4.78 is 0. The predicted octanol–water partition coefficient (Wildman–Crippen LogP) is 2.58. The average Bonchev–Trinajstić information content (AvgIpc) is 2.96. The Morgan fingerprint density at radius 1 is 1.21 bits per heavy atom. The Labute approximate surface area is 111 Å². The summed E-state index contributed by atoms with van der Waals surface area (Å²) in [5.74, 6) is 0.589. The third-order valence-electron chi connectivity index (χ3n) is 4.06. The van der Waals surface area contributed by atoms with E-state index in [2.05, 4.69) is 32.4 Å². The van der Waals surface area contributed by atoms with E-state index in [4.69, 9.17) is 0 Å². The number of piperidine rings is 1. The van der Waals surface area contributed by atoms with Crippen molar-refractivity contribution >= 4 is 21.9 Å². The maximum atomic E-state index is 4.40. The molecule has 0 spiro atoms. The second kappa shape index (κ2) is 4.31. The number of hydrogen-bond acceptors (Lipinski definition) is 3. The first-order valence-corrected chi connectivity index (χ1v) is 6.85. The number of fused-ring (bicyclic) bond motifs is 3. The van der Waals surface area contributed by atoms with Crippen LogP contribution in [0.3, 0.4) is 0 Å². The summed E-state index contributed by atoms with van der Waals surface area (Å²) in [4.78, 5) is 12.0. The van der Waals surface area contributed by atoms with Gasteiger partial charge in [-0.25, -0.2) is 9.97 Å². The van der Waals surface area contributed by atoms with Crippen LogP contribution in [0.2, 0.25) is 0 Å². The summed E-state index contributed by atoms with van der Waals surface area (Å²) in [6, 6.07) is 4.28. The first-order valence-electron chi connectivity index (χ1n) is 6.85. The molecule has 0 saturated carbocycles. The van der Waals surface area contributed by atoms with Gasteiger partial charge in [0.05, 0.1) is 11.7 Å². The highest BCUT2D eigenvalue weighted by molar-refractivity contribution is 6.05. The van der Waals surface area contributed by atoms with Crippen molar-refractivity contribution < 1.29 is 0 Å². The van der Waals surface area contributed by atoms with Crippen molar-refractivity contribution in [2.24, 2.45) is 0 Å². The molecule has 2 N–H and O–H groups in total. The van der Waals surface area contributed by atoms with E-state index in [0.29, 0.717) is 5.92 Å². The van der Waals surface area contributed by atoms with Crippen molar-refractivity contribution in [3.63, 3.8) is 0 Å². The number of nitrogens with one attached hydrogen (secondary N) is 2. The van der Waals surface area contributed by atoms with Gasteiger partial charge in [-0.1, -0.05) is 0 Å². The molecular formula is C15H16N4. The highest BCUT2D eigenvalue weighted by Crippen LogP contribution is 2.32. The van der Waals surface area contributed by atoms with Crippen LogP contribution in [0.15, 0.2) is 30.7 Å². The number of pyridine rings is 2. The van der Waals surface area contributed by atoms with Crippen molar-refractivity contribution in [2.45, 2.75) is 18.8 Å². The number of H-pyrrole nitrogens is 1. The van der Waals surface area contributed by atoms with Crippen molar-refractivity contribution in [1.82, 2.24) is 20.3 Å². The van der Waals surface area contributed by atoms with Crippen LogP contribution in [-0.4, -0.2) is 28.0 Å². The minimum absolute atomic E-state index is 0.589. The van der Waals surface area contributed by atoms with Crippen molar-refractivity contribution in [3.8, 4) is 0 Å². The van der Waals surface area contributed by atoms with Crippen molar-refractivity contribution in [3.05, 3.63) is 36.3 Å². The zero-order chi connectivity index (χ0) is 12.7. The van der Waals surface area contributed by atoms with Crippen LogP contribution in [0, 0.1) is 0 Å². The zero-order valence-electron chi connectivity index (χ0n) is 10.7. The molecule has 3 aromatic rings. The molecule has 4 heteroatoms. The van der Waals surface area contributed by atoms with Gasteiger partial charge in [-0.3, -0.25) is 0 Å². The number of nitrogens with zero attached hydrogens (tertiary/aromatic N) is 2. The van der Waals surface area contributed by atoms with Crippen molar-refractivity contribution in [2.75, 3.05) is 13.1 Å². The van der Waals surface area contributed by atoms with Crippen LogP contribution < -0.4 is 5.32 Å². The van der Waals surface area contributed by atoms with E-state index in [9.17, 15) is 0 Å². The third-order valence-corrected chi connectivity index (χ3v) is 4.06. The molecule has 1 atom stereocenters. The minimum Gasteiger partial charge on any atom is -0.360 e. The van der Waals surface area contributed by atoms with Gasteiger partial charge >= 0.3 is 0 Å². The summed E-state index contributed by atoms with van der Waals surface area (Å²) in [6.07, 6.45) is 8.26. The minimum atomic E-state index is 0.589. The summed E-state index contributed by atoms with van der Waals surface area (Å²) in [5.41, 5.74) is 3.36. The molecule has 0 aliphatic carbocycles. The molecule has 1 aliphatic heterocycles. The Kier molecular flexibility index (Phi) is 2.48. The maximum Gasteiger partial charge on any atom is 0.159 e. The standard InChI is InChI=1S/C15H16N4/c1-2-10(8-16-5-1)11-3-6-17-13-9-19-15-12(14(11)13)4-7-18-15/h3-4,6-7,9-10,16-17H,1-2,5,8H2. The smallest absolute Gasteiger partial charge is 0.159 e. The lowest BCUT2D eigenvalue weighted by Crippen LogP contribution is -2.28. The van der Waals surface area contributed by atoms with E-state index in [1.54, 1.807) is 0 Å². The van der Waals surface area contributed by atoms with Gasteiger partial charge in [-0.2, -0.15) is 0 Å². The zero-order valence-corrected chi connectivity index (χ0v) is 10.7. The highest BCUT2D eigenvalue weighted by Gasteiger charge is 2.19. The van der Waals surface area contributed by atoms with Gasteiger partial charge in [0.15, 0.2) is 5.65 Å². The molecule has 3 aromatic heterocycles. The number of aromatic nitrogens is 3. The Bertz CT molecular complexity index is 725. The topological polar surface area (TPSA) is 53.6 Å². The molecule has 1 unspecified atom stereocenters. The molecule has 0 bridgehead atoms. The largest absolute Gasteiger partial charge is 0.360 e. The molecular weight excluding hydrogens is 236 g/mol. The fourth-order valence-corrected chi connectivity index (χ4v) is 3.14. The molecule has 1 saturated heterocycles. The Hall–Kier alpha value is -1.94. The van der Waals surface area contributed by atoms with Gasteiger partial charge in [0.1, 0.15) is 0 Å². The third kappa shape index (κ3) is 1.71. The van der Waals surface area contributed by atoms with Gasteiger partial charge in [0.2, 0.25) is 0 Å². The van der Waals surface area contributed by atoms with E-state index in [1.807, 2.05) is 18.6 Å². The molecule has 1 aliphatic rings. The van der Waals surface area contributed by atoms with Crippen LogP contribution in [0.4, 0.5) is 0 Å². The van der Waals surface area contributed by atoms with Gasteiger partial charge in [-0.15, -0.1) is 0 Å². The fraction of sp³-hybridized carbons (Fsp3) is 0.333. The SMILES string of the molecule is c1cc2c(n1)ncc1[nH]ccc(C3CCCNC3)c12. The Morgan fingerprint density at radius 2 is 2.21 bits per heavy atom. The van der Waals surface area contributed by atoms with E-state index in [-0.39, 0.29) is 0 Å². The number of hydrogen-bond donors (Lipinski definition) is 2. The van der Waals surface area contributed by atoms with E-state index >= 15 is 0 Å².